The van der Waals surface area contributed by atoms with E-state index >= 15 is 0 Å². The molecule has 1 atom stereocenters. The van der Waals surface area contributed by atoms with E-state index in [1.807, 2.05) is 32.2 Å². The van der Waals surface area contributed by atoms with Crippen LogP contribution in [0.15, 0.2) is 27.0 Å². The fraction of sp³-hybridized carbons (Fsp3) is 0.421. The number of rotatable bonds is 5. The monoisotopic (exact) mass is 373 g/mol. The van der Waals surface area contributed by atoms with E-state index in [1.165, 1.54) is 11.3 Å². The number of carbonyl (C=O) groups is 2. The smallest absolute Gasteiger partial charge is 0.287 e. The molecule has 6 nitrogen and oxygen atoms in total. The SMILES string of the molecule is CCC(C)NC(=O)c1oc2c(c1C)/C(=N/NC(=O)c1cccs1)CCC2. The van der Waals surface area contributed by atoms with Crippen molar-refractivity contribution in [2.45, 2.75) is 52.5 Å². The number of amides is 2. The van der Waals surface area contributed by atoms with E-state index in [0.717, 1.165) is 48.3 Å². The predicted octanol–water partition coefficient (Wildman–Crippen LogP) is 3.65. The van der Waals surface area contributed by atoms with Crippen LogP contribution < -0.4 is 10.7 Å². The number of nitrogens with one attached hydrogen (secondary N) is 2. The molecule has 1 aliphatic carbocycles. The molecule has 0 saturated carbocycles. The Morgan fingerprint density at radius 3 is 2.85 bits per heavy atom. The van der Waals surface area contributed by atoms with Gasteiger partial charge in [-0.1, -0.05) is 13.0 Å². The molecule has 1 unspecified atom stereocenters. The topological polar surface area (TPSA) is 83.7 Å². The van der Waals surface area contributed by atoms with E-state index in [-0.39, 0.29) is 17.9 Å². The molecule has 0 aliphatic heterocycles. The fourth-order valence-corrected chi connectivity index (χ4v) is 3.58. The third-order valence-electron chi connectivity index (χ3n) is 4.56. The molecule has 2 aromatic heterocycles. The maximum absolute atomic E-state index is 12.5. The Labute approximate surface area is 156 Å². The quantitative estimate of drug-likeness (QED) is 0.785. The van der Waals surface area contributed by atoms with Gasteiger partial charge < -0.3 is 9.73 Å². The minimum atomic E-state index is -0.226. The third-order valence-corrected chi connectivity index (χ3v) is 5.43. The molecule has 138 valence electrons. The van der Waals surface area contributed by atoms with Crippen LogP contribution in [0.4, 0.5) is 0 Å². The molecule has 1 aliphatic rings. The van der Waals surface area contributed by atoms with Crippen LogP contribution in [0.1, 0.15) is 70.2 Å². The second-order valence-electron chi connectivity index (χ2n) is 6.47. The van der Waals surface area contributed by atoms with Crippen LogP contribution in [0.3, 0.4) is 0 Å². The van der Waals surface area contributed by atoms with Gasteiger partial charge in [-0.3, -0.25) is 9.59 Å². The van der Waals surface area contributed by atoms with Crippen molar-refractivity contribution in [1.29, 1.82) is 0 Å². The Balaban J connectivity index is 1.84. The highest BCUT2D eigenvalue weighted by atomic mass is 32.1. The van der Waals surface area contributed by atoms with Gasteiger partial charge in [0.25, 0.3) is 11.8 Å². The Morgan fingerprint density at radius 2 is 2.15 bits per heavy atom. The van der Waals surface area contributed by atoms with Crippen molar-refractivity contribution in [1.82, 2.24) is 10.7 Å². The first-order valence-corrected chi connectivity index (χ1v) is 9.73. The van der Waals surface area contributed by atoms with E-state index in [1.54, 1.807) is 6.07 Å². The molecular weight excluding hydrogens is 350 g/mol. The number of fused-ring (bicyclic) bond motifs is 1. The van der Waals surface area contributed by atoms with Crippen molar-refractivity contribution < 1.29 is 14.0 Å². The molecule has 2 heterocycles. The Hall–Kier alpha value is -2.41. The van der Waals surface area contributed by atoms with Gasteiger partial charge in [-0.05, 0) is 44.6 Å². The number of carbonyl (C=O) groups excluding carboxylic acids is 2. The zero-order chi connectivity index (χ0) is 18.7. The normalized spacial score (nSPS) is 16.2. The largest absolute Gasteiger partial charge is 0.455 e. The highest BCUT2D eigenvalue weighted by Gasteiger charge is 2.28. The van der Waals surface area contributed by atoms with Crippen LogP contribution >= 0.6 is 11.3 Å². The van der Waals surface area contributed by atoms with Crippen LogP contribution in [0, 0.1) is 6.92 Å². The average Bonchev–Trinajstić information content (AvgIpc) is 3.28. The molecule has 26 heavy (non-hydrogen) atoms. The van der Waals surface area contributed by atoms with Gasteiger partial charge in [-0.2, -0.15) is 5.10 Å². The molecule has 2 aromatic rings. The first-order chi connectivity index (χ1) is 12.5. The lowest BCUT2D eigenvalue weighted by Crippen LogP contribution is -2.32. The minimum absolute atomic E-state index is 0.0854. The lowest BCUT2D eigenvalue weighted by atomic mass is 9.93. The summed E-state index contributed by atoms with van der Waals surface area (Å²) in [7, 11) is 0. The molecule has 0 saturated heterocycles. The van der Waals surface area contributed by atoms with Gasteiger partial charge in [0.05, 0.1) is 10.6 Å². The highest BCUT2D eigenvalue weighted by Crippen LogP contribution is 2.30. The summed E-state index contributed by atoms with van der Waals surface area (Å²) in [5.41, 5.74) is 5.02. The molecule has 3 rings (SSSR count). The summed E-state index contributed by atoms with van der Waals surface area (Å²) in [5.74, 6) is 0.686. The van der Waals surface area contributed by atoms with E-state index in [4.69, 9.17) is 4.42 Å². The van der Waals surface area contributed by atoms with Gasteiger partial charge in [0.2, 0.25) is 0 Å². The Morgan fingerprint density at radius 1 is 1.35 bits per heavy atom. The van der Waals surface area contributed by atoms with Crippen LogP contribution in [0.2, 0.25) is 0 Å². The number of nitrogens with zero attached hydrogens (tertiary/aromatic N) is 1. The third kappa shape index (κ3) is 3.72. The van der Waals surface area contributed by atoms with E-state index in [0.29, 0.717) is 10.6 Å². The molecule has 2 amide bonds. The van der Waals surface area contributed by atoms with Crippen molar-refractivity contribution in [3.05, 3.63) is 45.0 Å². The molecule has 0 aromatic carbocycles. The van der Waals surface area contributed by atoms with E-state index in [9.17, 15) is 9.59 Å². The van der Waals surface area contributed by atoms with Gasteiger partial charge in [0.15, 0.2) is 5.76 Å². The van der Waals surface area contributed by atoms with Crippen molar-refractivity contribution in [3.8, 4) is 0 Å². The lowest BCUT2D eigenvalue weighted by Gasteiger charge is -2.13. The molecule has 0 radical (unpaired) electrons. The molecular formula is C19H23N3O3S. The maximum atomic E-state index is 12.5. The summed E-state index contributed by atoms with van der Waals surface area (Å²) in [6.07, 6.45) is 3.24. The van der Waals surface area contributed by atoms with Gasteiger partial charge in [0, 0.05) is 23.6 Å². The zero-order valence-corrected chi connectivity index (χ0v) is 16.0. The number of thiophene rings is 1. The molecule has 0 spiro atoms. The number of furan rings is 1. The highest BCUT2D eigenvalue weighted by molar-refractivity contribution is 7.12. The minimum Gasteiger partial charge on any atom is -0.455 e. The number of aryl methyl sites for hydroxylation is 1. The van der Waals surface area contributed by atoms with E-state index in [2.05, 4.69) is 15.8 Å². The maximum Gasteiger partial charge on any atom is 0.287 e. The summed E-state index contributed by atoms with van der Waals surface area (Å²) < 4.78 is 5.85. The van der Waals surface area contributed by atoms with Crippen LogP contribution in [0.25, 0.3) is 0 Å². The first-order valence-electron chi connectivity index (χ1n) is 8.85. The number of hydrogen-bond acceptors (Lipinski definition) is 5. The van der Waals surface area contributed by atoms with Gasteiger partial charge in [0.1, 0.15) is 5.76 Å². The molecule has 2 N–H and O–H groups in total. The summed E-state index contributed by atoms with van der Waals surface area (Å²) >= 11 is 1.37. The summed E-state index contributed by atoms with van der Waals surface area (Å²) in [6.45, 7) is 5.85. The predicted molar refractivity (Wildman–Crippen MR) is 102 cm³/mol. The summed E-state index contributed by atoms with van der Waals surface area (Å²) in [4.78, 5) is 25.2. The standard InChI is InChI=1S/C19H23N3O3S/c1-4-11(2)20-19(24)17-12(3)16-13(7-5-8-14(16)25-17)21-22-18(23)15-9-6-10-26-15/h6,9-11H,4-5,7-8H2,1-3H3,(H,20,24)(H,22,23)/b21-13+. The summed E-state index contributed by atoms with van der Waals surface area (Å²) in [5, 5.41) is 9.11. The van der Waals surface area contributed by atoms with Crippen molar-refractivity contribution >= 4 is 28.9 Å². The lowest BCUT2D eigenvalue weighted by molar-refractivity contribution is 0.0907. The molecule has 0 bridgehead atoms. The summed E-state index contributed by atoms with van der Waals surface area (Å²) in [6, 6.07) is 3.67. The molecule has 0 fully saturated rings. The van der Waals surface area contributed by atoms with Crippen LogP contribution in [-0.4, -0.2) is 23.6 Å². The van der Waals surface area contributed by atoms with Crippen molar-refractivity contribution in [2.24, 2.45) is 5.10 Å². The average molecular weight is 373 g/mol. The fourth-order valence-electron chi connectivity index (χ4n) is 2.97. The molecule has 7 heteroatoms. The number of hydrazone groups is 1. The van der Waals surface area contributed by atoms with Crippen LogP contribution in [0.5, 0.6) is 0 Å². The van der Waals surface area contributed by atoms with Crippen LogP contribution in [-0.2, 0) is 6.42 Å². The Kier molecular flexibility index (Phi) is 5.56. The second-order valence-corrected chi connectivity index (χ2v) is 7.42. The number of hydrogen-bond donors (Lipinski definition) is 2. The van der Waals surface area contributed by atoms with Crippen molar-refractivity contribution in [3.63, 3.8) is 0 Å². The first kappa shape index (κ1) is 18.4. The van der Waals surface area contributed by atoms with Gasteiger partial charge in [-0.25, -0.2) is 5.43 Å². The Bertz CT molecular complexity index is 837. The van der Waals surface area contributed by atoms with Gasteiger partial charge in [-0.15, -0.1) is 11.3 Å². The zero-order valence-electron chi connectivity index (χ0n) is 15.2. The second kappa shape index (κ2) is 7.86. The van der Waals surface area contributed by atoms with Gasteiger partial charge >= 0.3 is 0 Å². The van der Waals surface area contributed by atoms with Crippen molar-refractivity contribution in [2.75, 3.05) is 0 Å². The van der Waals surface area contributed by atoms with E-state index < -0.39 is 0 Å².